The van der Waals surface area contributed by atoms with Crippen molar-refractivity contribution in [3.63, 3.8) is 0 Å². The van der Waals surface area contributed by atoms with Crippen molar-refractivity contribution in [1.29, 1.82) is 0 Å². The molecule has 0 aliphatic heterocycles. The van der Waals surface area contributed by atoms with Crippen molar-refractivity contribution < 1.29 is 9.47 Å². The van der Waals surface area contributed by atoms with Crippen molar-refractivity contribution in [2.24, 2.45) is 0 Å². The standard InChI is InChI=1S/C15H26N2O2/c1-4-18-10-8-17(9-11-19-5-2)15-7-6-13(3)12-14(15)16/h6-7,12H,4-5,8-11,16H2,1-3H3. The molecule has 0 aromatic heterocycles. The molecule has 0 spiro atoms. The van der Waals surface area contributed by atoms with E-state index in [1.165, 1.54) is 5.56 Å². The van der Waals surface area contributed by atoms with Gasteiger partial charge in [0.05, 0.1) is 24.6 Å². The van der Waals surface area contributed by atoms with Crippen LogP contribution in [0.3, 0.4) is 0 Å². The number of rotatable bonds is 9. The monoisotopic (exact) mass is 266 g/mol. The van der Waals surface area contributed by atoms with Gasteiger partial charge in [0.25, 0.3) is 0 Å². The molecule has 0 saturated carbocycles. The number of ether oxygens (including phenoxy) is 2. The molecule has 0 atom stereocenters. The van der Waals surface area contributed by atoms with Gasteiger partial charge in [-0.15, -0.1) is 0 Å². The second-order valence-corrected chi connectivity index (χ2v) is 4.44. The Labute approximate surface area is 116 Å². The van der Waals surface area contributed by atoms with E-state index in [9.17, 15) is 0 Å². The van der Waals surface area contributed by atoms with Gasteiger partial charge in [0.15, 0.2) is 0 Å². The number of anilines is 2. The highest BCUT2D eigenvalue weighted by Gasteiger charge is 2.09. The summed E-state index contributed by atoms with van der Waals surface area (Å²) in [6.45, 7) is 10.6. The molecule has 0 saturated heterocycles. The third-order valence-corrected chi connectivity index (χ3v) is 2.94. The quantitative estimate of drug-likeness (QED) is 0.551. The first-order chi connectivity index (χ1) is 9.19. The minimum Gasteiger partial charge on any atom is -0.397 e. The van der Waals surface area contributed by atoms with Crippen molar-refractivity contribution in [2.45, 2.75) is 20.8 Å². The Morgan fingerprint density at radius 3 is 2.11 bits per heavy atom. The van der Waals surface area contributed by atoms with Crippen LogP contribution in [-0.4, -0.2) is 39.5 Å². The van der Waals surface area contributed by atoms with Crippen LogP contribution in [0.25, 0.3) is 0 Å². The maximum Gasteiger partial charge on any atom is 0.0641 e. The lowest BCUT2D eigenvalue weighted by Gasteiger charge is -2.26. The van der Waals surface area contributed by atoms with Gasteiger partial charge in [0.1, 0.15) is 0 Å². The first kappa shape index (κ1) is 15.8. The molecule has 108 valence electrons. The van der Waals surface area contributed by atoms with Gasteiger partial charge in [0, 0.05) is 26.3 Å². The van der Waals surface area contributed by atoms with E-state index in [1.807, 2.05) is 26.8 Å². The van der Waals surface area contributed by atoms with E-state index in [0.29, 0.717) is 13.2 Å². The fourth-order valence-electron chi connectivity index (χ4n) is 1.95. The van der Waals surface area contributed by atoms with Gasteiger partial charge in [-0.05, 0) is 38.5 Å². The first-order valence-electron chi connectivity index (χ1n) is 6.95. The lowest BCUT2D eigenvalue weighted by Crippen LogP contribution is -2.31. The van der Waals surface area contributed by atoms with Crippen LogP contribution in [0.2, 0.25) is 0 Å². The average Bonchev–Trinajstić information content (AvgIpc) is 2.38. The molecule has 0 unspecified atom stereocenters. The average molecular weight is 266 g/mol. The van der Waals surface area contributed by atoms with Crippen LogP contribution in [0, 0.1) is 6.92 Å². The lowest BCUT2D eigenvalue weighted by molar-refractivity contribution is 0.141. The summed E-state index contributed by atoms with van der Waals surface area (Å²) in [5, 5.41) is 0. The molecule has 0 bridgehead atoms. The predicted molar refractivity (Wildman–Crippen MR) is 80.8 cm³/mol. The molecule has 1 aromatic carbocycles. The van der Waals surface area contributed by atoms with E-state index >= 15 is 0 Å². The molecule has 4 nitrogen and oxygen atoms in total. The van der Waals surface area contributed by atoms with Gasteiger partial charge in [0.2, 0.25) is 0 Å². The fourth-order valence-corrected chi connectivity index (χ4v) is 1.95. The van der Waals surface area contributed by atoms with Crippen molar-refractivity contribution in [3.05, 3.63) is 23.8 Å². The van der Waals surface area contributed by atoms with Gasteiger partial charge >= 0.3 is 0 Å². The summed E-state index contributed by atoms with van der Waals surface area (Å²) in [5.41, 5.74) is 9.16. The molecule has 0 fully saturated rings. The number of nitrogens with zero attached hydrogens (tertiary/aromatic N) is 1. The highest BCUT2D eigenvalue weighted by molar-refractivity contribution is 5.68. The predicted octanol–water partition coefficient (Wildman–Crippen LogP) is 2.46. The summed E-state index contributed by atoms with van der Waals surface area (Å²) in [6.07, 6.45) is 0. The van der Waals surface area contributed by atoms with E-state index in [-0.39, 0.29) is 0 Å². The largest absolute Gasteiger partial charge is 0.397 e. The Morgan fingerprint density at radius 2 is 1.63 bits per heavy atom. The Bertz CT molecular complexity index is 359. The molecule has 4 heteroatoms. The van der Waals surface area contributed by atoms with Crippen LogP contribution in [0.15, 0.2) is 18.2 Å². The molecule has 0 radical (unpaired) electrons. The van der Waals surface area contributed by atoms with E-state index in [0.717, 1.165) is 37.7 Å². The number of hydrogen-bond acceptors (Lipinski definition) is 4. The third kappa shape index (κ3) is 5.49. The van der Waals surface area contributed by atoms with Crippen molar-refractivity contribution in [2.75, 3.05) is 50.2 Å². The molecule has 0 aliphatic carbocycles. The number of nitrogen functional groups attached to an aromatic ring is 1. The summed E-state index contributed by atoms with van der Waals surface area (Å²) in [4.78, 5) is 2.22. The zero-order valence-electron chi connectivity index (χ0n) is 12.3. The maximum atomic E-state index is 6.11. The molecular formula is C15H26N2O2. The number of nitrogens with two attached hydrogens (primary N) is 1. The maximum absolute atomic E-state index is 6.11. The van der Waals surface area contributed by atoms with E-state index in [2.05, 4.69) is 17.0 Å². The van der Waals surface area contributed by atoms with Crippen molar-refractivity contribution in [1.82, 2.24) is 0 Å². The third-order valence-electron chi connectivity index (χ3n) is 2.94. The zero-order valence-corrected chi connectivity index (χ0v) is 12.3. The second kappa shape index (κ2) is 8.77. The summed E-state index contributed by atoms with van der Waals surface area (Å²) in [7, 11) is 0. The van der Waals surface area contributed by atoms with E-state index < -0.39 is 0 Å². The van der Waals surface area contributed by atoms with Crippen molar-refractivity contribution in [3.8, 4) is 0 Å². The second-order valence-electron chi connectivity index (χ2n) is 4.44. The highest BCUT2D eigenvalue weighted by atomic mass is 16.5. The highest BCUT2D eigenvalue weighted by Crippen LogP contribution is 2.23. The molecule has 1 rings (SSSR count). The summed E-state index contributed by atoms with van der Waals surface area (Å²) in [6, 6.07) is 6.16. The van der Waals surface area contributed by atoms with Gasteiger partial charge in [-0.25, -0.2) is 0 Å². The minimum absolute atomic E-state index is 0.704. The Morgan fingerprint density at radius 1 is 1.05 bits per heavy atom. The van der Waals surface area contributed by atoms with Crippen LogP contribution in [0.1, 0.15) is 19.4 Å². The van der Waals surface area contributed by atoms with Crippen LogP contribution < -0.4 is 10.6 Å². The Hall–Kier alpha value is -1.26. The van der Waals surface area contributed by atoms with Gasteiger partial charge in [-0.2, -0.15) is 0 Å². The van der Waals surface area contributed by atoms with Gasteiger partial charge < -0.3 is 20.1 Å². The van der Waals surface area contributed by atoms with Crippen LogP contribution >= 0.6 is 0 Å². The first-order valence-corrected chi connectivity index (χ1v) is 6.95. The number of aryl methyl sites for hydroxylation is 1. The number of hydrogen-bond donors (Lipinski definition) is 1. The SMILES string of the molecule is CCOCCN(CCOCC)c1ccc(C)cc1N. The molecule has 19 heavy (non-hydrogen) atoms. The molecule has 1 aromatic rings. The van der Waals surface area contributed by atoms with Crippen LogP contribution in [0.4, 0.5) is 11.4 Å². The zero-order chi connectivity index (χ0) is 14.1. The van der Waals surface area contributed by atoms with Crippen molar-refractivity contribution >= 4 is 11.4 Å². The molecular weight excluding hydrogens is 240 g/mol. The van der Waals surface area contributed by atoms with Crippen LogP contribution in [-0.2, 0) is 9.47 Å². The fraction of sp³-hybridized carbons (Fsp3) is 0.600. The Balaban J connectivity index is 2.69. The molecule has 0 aliphatic rings. The van der Waals surface area contributed by atoms with E-state index in [4.69, 9.17) is 15.2 Å². The van der Waals surface area contributed by atoms with E-state index in [1.54, 1.807) is 0 Å². The van der Waals surface area contributed by atoms with Crippen LogP contribution in [0.5, 0.6) is 0 Å². The minimum atomic E-state index is 0.704. The molecule has 0 heterocycles. The van der Waals surface area contributed by atoms with Gasteiger partial charge in [-0.3, -0.25) is 0 Å². The summed E-state index contributed by atoms with van der Waals surface area (Å²) >= 11 is 0. The topological polar surface area (TPSA) is 47.7 Å². The molecule has 0 amide bonds. The summed E-state index contributed by atoms with van der Waals surface area (Å²) < 4.78 is 10.9. The Kier molecular flexibility index (Phi) is 7.30. The normalized spacial score (nSPS) is 10.7. The number of benzene rings is 1. The lowest BCUT2D eigenvalue weighted by atomic mass is 10.2. The smallest absolute Gasteiger partial charge is 0.0641 e. The van der Waals surface area contributed by atoms with Gasteiger partial charge in [-0.1, -0.05) is 6.07 Å². The summed E-state index contributed by atoms with van der Waals surface area (Å²) in [5.74, 6) is 0. The molecule has 2 N–H and O–H groups in total.